The van der Waals surface area contributed by atoms with Crippen LogP contribution in [0.25, 0.3) is 11.1 Å². The Morgan fingerprint density at radius 3 is 1.40 bits per heavy atom. The maximum absolute atomic E-state index is 2.97. The molecule has 0 aliphatic heterocycles. The summed E-state index contributed by atoms with van der Waals surface area (Å²) >= 11 is -2.97. The van der Waals surface area contributed by atoms with Crippen molar-refractivity contribution in [2.24, 2.45) is 0 Å². The molecule has 0 nitrogen and oxygen atoms in total. The van der Waals surface area contributed by atoms with Crippen LogP contribution in [0.2, 0.25) is 44.8 Å². The van der Waals surface area contributed by atoms with Gasteiger partial charge in [-0.05, 0) is 0 Å². The molecule has 248 valence electrons. The molecule has 0 saturated heterocycles. The van der Waals surface area contributed by atoms with Gasteiger partial charge in [-0.15, -0.1) is 0 Å². The number of benzene rings is 4. The van der Waals surface area contributed by atoms with Crippen molar-refractivity contribution in [3.8, 4) is 11.1 Å². The Kier molecular flexibility index (Phi) is 9.36. The van der Waals surface area contributed by atoms with E-state index in [1.54, 1.807) is 19.5 Å². The fourth-order valence-electron chi connectivity index (χ4n) is 7.86. The molecule has 0 spiro atoms. The molecule has 0 heterocycles. The first-order chi connectivity index (χ1) is 22.4. The summed E-state index contributed by atoms with van der Waals surface area (Å²) in [6.45, 7) is 29.9. The maximum atomic E-state index is 2.68. The molecule has 0 fully saturated rings. The number of rotatable bonds is 6. The summed E-state index contributed by atoms with van der Waals surface area (Å²) < 4.78 is 3.98. The fraction of sp³-hybridized carbons (Fsp3) is 0.356. The van der Waals surface area contributed by atoms with Crippen LogP contribution >= 0.6 is 0 Å². The van der Waals surface area contributed by atoms with Gasteiger partial charge in [0.15, 0.2) is 0 Å². The monoisotopic (exact) mass is 742 g/mol. The first kappa shape index (κ1) is 35.4. The predicted molar refractivity (Wildman–Crippen MR) is 214 cm³/mol. The summed E-state index contributed by atoms with van der Waals surface area (Å²) in [5.41, 5.74) is 12.6. The van der Waals surface area contributed by atoms with Crippen LogP contribution < -0.4 is 0 Å². The molecule has 6 rings (SSSR count). The first-order valence-electron chi connectivity index (χ1n) is 17.9. The van der Waals surface area contributed by atoms with Crippen LogP contribution in [0, 0.1) is 0 Å². The van der Waals surface area contributed by atoms with Gasteiger partial charge in [0.1, 0.15) is 0 Å². The summed E-state index contributed by atoms with van der Waals surface area (Å²) in [7, 11) is -3.30. The molecule has 48 heavy (non-hydrogen) atoms. The van der Waals surface area contributed by atoms with Crippen molar-refractivity contribution >= 4 is 19.4 Å². The average Bonchev–Trinajstić information content (AvgIpc) is 3.60. The molecule has 0 radical (unpaired) electrons. The third kappa shape index (κ3) is 6.69. The van der Waals surface area contributed by atoms with Crippen LogP contribution in [0.4, 0.5) is 0 Å². The van der Waals surface area contributed by atoms with Crippen LogP contribution in [0.1, 0.15) is 78.5 Å². The standard InChI is InChI=1S/C21H25.C13H10.C11H21Si2.Zr/c1-20(2,3)16-7-9-18-14(12-16)11-15-13-17(21(4,5)6)8-10-19(15)18;1-3-7-12(8-4-1)11-13-9-5-2-6-10-13;1-12(2,3)10-7-8-11(9-10)13(4,5)6;/h7-13H,1-6H3;1-10H;7-8,10H,1-6H3;. The van der Waals surface area contributed by atoms with Crippen LogP contribution in [0.15, 0.2) is 118 Å². The predicted octanol–water partition coefficient (Wildman–Crippen LogP) is 12.6. The molecule has 1 atom stereocenters. The van der Waals surface area contributed by atoms with E-state index < -0.39 is 37.4 Å². The second kappa shape index (κ2) is 12.7. The molecule has 4 aromatic rings. The van der Waals surface area contributed by atoms with Gasteiger partial charge in [-0.3, -0.25) is 0 Å². The van der Waals surface area contributed by atoms with Gasteiger partial charge in [0, 0.05) is 0 Å². The molecule has 0 N–H and O–H groups in total. The average molecular weight is 744 g/mol. The van der Waals surface area contributed by atoms with E-state index >= 15 is 0 Å². The van der Waals surface area contributed by atoms with Crippen LogP contribution in [0.3, 0.4) is 0 Å². The van der Waals surface area contributed by atoms with Gasteiger partial charge in [-0.1, -0.05) is 0 Å². The topological polar surface area (TPSA) is 0 Å². The molecule has 2 aliphatic carbocycles. The van der Waals surface area contributed by atoms with Crippen molar-refractivity contribution in [1.29, 1.82) is 0 Å². The third-order valence-corrected chi connectivity index (χ3v) is 24.8. The van der Waals surface area contributed by atoms with Gasteiger partial charge in [0.25, 0.3) is 0 Å². The van der Waals surface area contributed by atoms with Crippen molar-refractivity contribution in [1.82, 2.24) is 0 Å². The van der Waals surface area contributed by atoms with Crippen molar-refractivity contribution in [3.05, 3.63) is 151 Å². The number of allylic oxidation sites excluding steroid dienone is 4. The number of hydrogen-bond donors (Lipinski definition) is 0. The molecular weight excluding hydrogens is 688 g/mol. The Bertz CT molecular complexity index is 1830. The Labute approximate surface area is 301 Å². The first-order valence-corrected chi connectivity index (χ1v) is 28.9. The zero-order valence-corrected chi connectivity index (χ0v) is 36.0. The zero-order valence-electron chi connectivity index (χ0n) is 31.5. The molecule has 2 aliphatic rings. The summed E-state index contributed by atoms with van der Waals surface area (Å²) in [6.07, 6.45) is 5.31. The fourth-order valence-corrected chi connectivity index (χ4v) is 28.1. The van der Waals surface area contributed by atoms with Gasteiger partial charge >= 0.3 is 304 Å². The molecular formula is C45H56Si2Zr. The molecule has 0 aromatic heterocycles. The minimum atomic E-state index is -2.97. The van der Waals surface area contributed by atoms with E-state index in [0.29, 0.717) is 9.17 Å². The Hall–Kier alpha value is -2.45. The van der Waals surface area contributed by atoms with Gasteiger partial charge in [0.05, 0.1) is 0 Å². The Balaban J connectivity index is 1.86. The summed E-state index contributed by atoms with van der Waals surface area (Å²) in [5, 5.41) is 1.75. The third-order valence-electron chi connectivity index (χ3n) is 10.5. The summed E-state index contributed by atoms with van der Waals surface area (Å²) in [5.74, 6) is 0. The van der Waals surface area contributed by atoms with E-state index in [0.717, 1.165) is 0 Å². The van der Waals surface area contributed by atoms with E-state index in [9.17, 15) is 0 Å². The Morgan fingerprint density at radius 1 is 0.583 bits per heavy atom. The molecule has 0 amide bonds. The SMILES string of the molecule is CC(C)(C)c1ccc2c(c1)[CH]([Zr]([C]1=C([Si](C)(C)C)C=CC1[Si](C)(C)C)=[C](c1ccccc1)c1ccccc1)c1cc(C(C)(C)C)ccc1-2. The van der Waals surface area contributed by atoms with E-state index in [1.165, 1.54) is 33.4 Å². The Morgan fingerprint density at radius 2 is 1.02 bits per heavy atom. The van der Waals surface area contributed by atoms with Crippen LogP contribution in [0.5, 0.6) is 0 Å². The van der Waals surface area contributed by atoms with Gasteiger partial charge in [-0.25, -0.2) is 0 Å². The van der Waals surface area contributed by atoms with Gasteiger partial charge < -0.3 is 0 Å². The van der Waals surface area contributed by atoms with Crippen LogP contribution in [-0.4, -0.2) is 19.4 Å². The second-order valence-corrected chi connectivity index (χ2v) is 34.7. The van der Waals surface area contributed by atoms with Crippen LogP contribution in [-0.2, 0) is 32.1 Å². The zero-order chi connectivity index (χ0) is 34.8. The summed E-state index contributed by atoms with van der Waals surface area (Å²) in [4.78, 5) is 0. The van der Waals surface area contributed by atoms with E-state index in [-0.39, 0.29) is 10.8 Å². The van der Waals surface area contributed by atoms with E-state index in [4.69, 9.17) is 0 Å². The van der Waals surface area contributed by atoms with Gasteiger partial charge in [-0.2, -0.15) is 0 Å². The molecule has 1 unspecified atom stereocenters. The minimum absolute atomic E-state index is 0.0817. The molecule has 3 heteroatoms. The summed E-state index contributed by atoms with van der Waals surface area (Å²) in [6, 6.07) is 38.2. The quantitative estimate of drug-likeness (QED) is 0.173. The number of fused-ring (bicyclic) bond motifs is 3. The van der Waals surface area contributed by atoms with E-state index in [2.05, 4.69) is 190 Å². The van der Waals surface area contributed by atoms with Crippen molar-refractivity contribution in [3.63, 3.8) is 0 Å². The van der Waals surface area contributed by atoms with Crippen molar-refractivity contribution < 1.29 is 21.3 Å². The van der Waals surface area contributed by atoms with E-state index in [1.807, 2.05) is 3.28 Å². The number of hydrogen-bond acceptors (Lipinski definition) is 0. The second-order valence-electron chi connectivity index (χ2n) is 18.3. The van der Waals surface area contributed by atoms with Gasteiger partial charge in [0.2, 0.25) is 0 Å². The molecule has 4 aromatic carbocycles. The molecule has 0 bridgehead atoms. The van der Waals surface area contributed by atoms with Crippen molar-refractivity contribution in [2.75, 3.05) is 0 Å². The normalized spacial score (nSPS) is 16.7. The van der Waals surface area contributed by atoms with Crippen molar-refractivity contribution in [2.45, 2.75) is 101 Å². The molecule has 0 saturated carbocycles.